The Bertz CT molecular complexity index is 1150. The number of hydrogen-bond donors (Lipinski definition) is 2. The number of piperidine rings is 1. The topological polar surface area (TPSA) is 100 Å². The molecule has 8 nitrogen and oxygen atoms in total. The second-order valence-corrected chi connectivity index (χ2v) is 8.46. The van der Waals surface area contributed by atoms with Crippen LogP contribution in [-0.4, -0.2) is 52.0 Å². The minimum absolute atomic E-state index is 0.157. The Kier molecular flexibility index (Phi) is 8.04. The highest BCUT2D eigenvalue weighted by molar-refractivity contribution is 6.04. The summed E-state index contributed by atoms with van der Waals surface area (Å²) in [6.07, 6.45) is 10.6. The summed E-state index contributed by atoms with van der Waals surface area (Å²) in [6, 6.07) is 8.57. The molecular weight excluding hydrogens is 430 g/mol. The number of carbonyl (C=O) groups excluding carboxylic acids is 1. The summed E-state index contributed by atoms with van der Waals surface area (Å²) in [6.45, 7) is 6.08. The van der Waals surface area contributed by atoms with Gasteiger partial charge in [-0.1, -0.05) is 13.3 Å². The van der Waals surface area contributed by atoms with Crippen molar-refractivity contribution in [1.82, 2.24) is 19.9 Å². The Morgan fingerprint density at radius 3 is 2.71 bits per heavy atom. The molecule has 2 N–H and O–H groups in total. The first kappa shape index (κ1) is 23.6. The molecule has 0 aliphatic carbocycles. The maximum Gasteiger partial charge on any atom is 0.271 e. The fraction of sp³-hybridized carbons (Fsp3) is 0.385. The zero-order valence-electron chi connectivity index (χ0n) is 19.5. The highest BCUT2D eigenvalue weighted by atomic mass is 16.5. The minimum Gasteiger partial charge on any atom is -0.494 e. The molecule has 0 unspecified atom stereocenters. The van der Waals surface area contributed by atoms with E-state index >= 15 is 0 Å². The zero-order chi connectivity index (χ0) is 23.8. The SMILES string of the molecule is CCc1cncc(-c2c[nH]c(=O)c(NC(=O)c3ccc(OCCCN4CCCCC4)cc3)c2)n1. The molecule has 0 atom stereocenters. The van der Waals surface area contributed by atoms with Crippen LogP contribution in [0.15, 0.2) is 53.7 Å². The van der Waals surface area contributed by atoms with Gasteiger partial charge in [-0.25, -0.2) is 4.98 Å². The number of rotatable bonds is 9. The van der Waals surface area contributed by atoms with Gasteiger partial charge in [0.15, 0.2) is 0 Å². The van der Waals surface area contributed by atoms with Gasteiger partial charge in [-0.15, -0.1) is 0 Å². The number of anilines is 1. The second-order valence-electron chi connectivity index (χ2n) is 8.46. The normalized spacial score (nSPS) is 14.0. The Morgan fingerprint density at radius 2 is 1.94 bits per heavy atom. The molecule has 1 saturated heterocycles. The number of carbonyl (C=O) groups is 1. The van der Waals surface area contributed by atoms with E-state index < -0.39 is 0 Å². The third kappa shape index (κ3) is 6.29. The van der Waals surface area contributed by atoms with Crippen molar-refractivity contribution in [1.29, 1.82) is 0 Å². The summed E-state index contributed by atoms with van der Waals surface area (Å²) in [7, 11) is 0. The molecule has 1 aliphatic heterocycles. The Hall–Kier alpha value is -3.52. The van der Waals surface area contributed by atoms with Crippen LogP contribution < -0.4 is 15.6 Å². The van der Waals surface area contributed by atoms with E-state index in [-0.39, 0.29) is 17.2 Å². The molecule has 8 heteroatoms. The fourth-order valence-corrected chi connectivity index (χ4v) is 4.00. The van der Waals surface area contributed by atoms with Crippen molar-refractivity contribution >= 4 is 11.6 Å². The van der Waals surface area contributed by atoms with Gasteiger partial charge in [0.2, 0.25) is 0 Å². The van der Waals surface area contributed by atoms with Gasteiger partial charge in [0, 0.05) is 30.1 Å². The lowest BCUT2D eigenvalue weighted by molar-refractivity contribution is 0.102. The van der Waals surface area contributed by atoms with Gasteiger partial charge < -0.3 is 19.9 Å². The lowest BCUT2D eigenvalue weighted by atomic mass is 10.1. The molecule has 178 valence electrons. The maximum atomic E-state index is 12.7. The number of amides is 1. The van der Waals surface area contributed by atoms with Gasteiger partial charge in [-0.2, -0.15) is 0 Å². The fourth-order valence-electron chi connectivity index (χ4n) is 4.00. The van der Waals surface area contributed by atoms with Gasteiger partial charge in [0.1, 0.15) is 11.4 Å². The molecule has 4 rings (SSSR count). The van der Waals surface area contributed by atoms with E-state index in [2.05, 4.69) is 25.2 Å². The molecule has 34 heavy (non-hydrogen) atoms. The summed E-state index contributed by atoms with van der Waals surface area (Å²) in [4.78, 5) is 38.9. The number of H-pyrrole nitrogens is 1. The van der Waals surface area contributed by atoms with Crippen LogP contribution in [0.4, 0.5) is 5.69 Å². The van der Waals surface area contributed by atoms with Crippen LogP contribution in [0.2, 0.25) is 0 Å². The van der Waals surface area contributed by atoms with Crippen molar-refractivity contribution < 1.29 is 9.53 Å². The highest BCUT2D eigenvalue weighted by Crippen LogP contribution is 2.19. The number of nitrogens with zero attached hydrogens (tertiary/aromatic N) is 3. The van der Waals surface area contributed by atoms with Crippen molar-refractivity contribution in [2.24, 2.45) is 0 Å². The van der Waals surface area contributed by atoms with Crippen LogP contribution in [-0.2, 0) is 6.42 Å². The molecule has 3 heterocycles. The van der Waals surface area contributed by atoms with Gasteiger partial charge in [0.05, 0.1) is 24.2 Å². The molecule has 1 aromatic carbocycles. The summed E-state index contributed by atoms with van der Waals surface area (Å²) in [5.74, 6) is 0.358. The standard InChI is InChI=1S/C26H31N5O3/c1-2-21-17-27-18-24(29-21)20-15-23(26(33)28-16-20)30-25(32)19-7-9-22(10-8-19)34-14-6-13-31-11-4-3-5-12-31/h7-10,15-18H,2-6,11-14H2,1H3,(H,28,33)(H,30,32). The third-order valence-corrected chi connectivity index (χ3v) is 5.95. The average molecular weight is 462 g/mol. The first-order valence-electron chi connectivity index (χ1n) is 11.9. The largest absolute Gasteiger partial charge is 0.494 e. The molecular formula is C26H31N5O3. The van der Waals surface area contributed by atoms with Crippen LogP contribution in [0.1, 0.15) is 48.7 Å². The van der Waals surface area contributed by atoms with Gasteiger partial charge in [-0.3, -0.25) is 14.6 Å². The number of nitrogens with one attached hydrogen (secondary N) is 2. The summed E-state index contributed by atoms with van der Waals surface area (Å²) < 4.78 is 5.83. The number of benzene rings is 1. The number of ether oxygens (including phenoxy) is 1. The number of likely N-dealkylation sites (tertiary alicyclic amines) is 1. The van der Waals surface area contributed by atoms with Gasteiger partial charge >= 0.3 is 0 Å². The minimum atomic E-state index is -0.384. The van der Waals surface area contributed by atoms with Crippen molar-refractivity contribution in [3.8, 4) is 17.0 Å². The number of aromatic amines is 1. The molecule has 1 fully saturated rings. The number of hydrogen-bond acceptors (Lipinski definition) is 6. The number of aryl methyl sites for hydroxylation is 1. The van der Waals surface area contributed by atoms with E-state index in [1.54, 1.807) is 48.9 Å². The van der Waals surface area contributed by atoms with E-state index in [9.17, 15) is 9.59 Å². The van der Waals surface area contributed by atoms with Crippen LogP contribution >= 0.6 is 0 Å². The Morgan fingerprint density at radius 1 is 1.15 bits per heavy atom. The highest BCUT2D eigenvalue weighted by Gasteiger charge is 2.12. The van der Waals surface area contributed by atoms with Crippen molar-refractivity contribution in [2.75, 3.05) is 31.6 Å². The average Bonchev–Trinajstić information content (AvgIpc) is 2.89. The molecule has 0 bridgehead atoms. The van der Waals surface area contributed by atoms with E-state index in [0.717, 1.165) is 30.8 Å². The third-order valence-electron chi connectivity index (χ3n) is 5.95. The molecule has 0 saturated carbocycles. The van der Waals surface area contributed by atoms with Crippen molar-refractivity contribution in [3.05, 3.63) is 70.5 Å². The lowest BCUT2D eigenvalue weighted by Crippen LogP contribution is -2.31. The molecule has 0 spiro atoms. The second kappa shape index (κ2) is 11.6. The zero-order valence-corrected chi connectivity index (χ0v) is 19.5. The predicted octanol–water partition coefficient (Wildman–Crippen LogP) is 3.90. The molecule has 0 radical (unpaired) electrons. The van der Waals surface area contributed by atoms with E-state index in [0.29, 0.717) is 23.4 Å². The van der Waals surface area contributed by atoms with Gasteiger partial charge in [0.25, 0.3) is 11.5 Å². The van der Waals surface area contributed by atoms with Crippen LogP contribution in [0, 0.1) is 0 Å². The first-order valence-corrected chi connectivity index (χ1v) is 11.9. The molecule has 2 aromatic heterocycles. The number of aromatic nitrogens is 3. The van der Waals surface area contributed by atoms with Crippen LogP contribution in [0.25, 0.3) is 11.3 Å². The Balaban J connectivity index is 1.33. The molecule has 1 aliphatic rings. The summed E-state index contributed by atoms with van der Waals surface area (Å²) >= 11 is 0. The van der Waals surface area contributed by atoms with Crippen LogP contribution in [0.5, 0.6) is 5.75 Å². The smallest absolute Gasteiger partial charge is 0.271 e. The lowest BCUT2D eigenvalue weighted by Gasteiger charge is -2.26. The maximum absolute atomic E-state index is 12.7. The predicted molar refractivity (Wildman–Crippen MR) is 132 cm³/mol. The first-order chi connectivity index (χ1) is 16.6. The summed E-state index contributed by atoms with van der Waals surface area (Å²) in [5.41, 5.74) is 2.37. The summed E-state index contributed by atoms with van der Waals surface area (Å²) in [5, 5.41) is 2.70. The van der Waals surface area contributed by atoms with Crippen LogP contribution in [0.3, 0.4) is 0 Å². The van der Waals surface area contributed by atoms with Crippen molar-refractivity contribution in [2.45, 2.75) is 39.0 Å². The van der Waals surface area contributed by atoms with E-state index in [4.69, 9.17) is 4.74 Å². The van der Waals surface area contributed by atoms with E-state index in [1.165, 1.54) is 32.4 Å². The molecule has 1 amide bonds. The Labute approximate surface area is 199 Å². The monoisotopic (exact) mass is 461 g/mol. The quantitative estimate of drug-likeness (QED) is 0.469. The van der Waals surface area contributed by atoms with E-state index in [1.807, 2.05) is 6.92 Å². The number of pyridine rings is 1. The van der Waals surface area contributed by atoms with Gasteiger partial charge in [-0.05, 0) is 69.1 Å². The molecule has 3 aromatic rings. The van der Waals surface area contributed by atoms with Crippen molar-refractivity contribution in [3.63, 3.8) is 0 Å².